The normalized spacial score (nSPS) is 10.9. The molecule has 0 aliphatic heterocycles. The van der Waals surface area contributed by atoms with Gasteiger partial charge in [0, 0.05) is 5.39 Å². The molecule has 0 spiro atoms. The molecule has 78 valence electrons. The molecule has 2 aromatic rings. The van der Waals surface area contributed by atoms with E-state index in [4.69, 9.17) is 4.74 Å². The summed E-state index contributed by atoms with van der Waals surface area (Å²) in [4.78, 5) is 8.57. The molecule has 1 aromatic carbocycles. The zero-order valence-electron chi connectivity index (χ0n) is 9.19. The SMILES string of the molecule is COc1cccc2c(C(C)C)ncnc12. The van der Waals surface area contributed by atoms with Crippen LogP contribution in [0.4, 0.5) is 0 Å². The summed E-state index contributed by atoms with van der Waals surface area (Å²) >= 11 is 0. The molecule has 1 aromatic heterocycles. The lowest BCUT2D eigenvalue weighted by Gasteiger charge is -2.09. The van der Waals surface area contributed by atoms with Crippen LogP contribution in [0.1, 0.15) is 25.5 Å². The summed E-state index contributed by atoms with van der Waals surface area (Å²) in [6, 6.07) is 5.92. The third-order valence-corrected chi connectivity index (χ3v) is 2.43. The van der Waals surface area contributed by atoms with E-state index in [9.17, 15) is 0 Å². The molecule has 0 amide bonds. The van der Waals surface area contributed by atoms with Crippen molar-refractivity contribution in [3.63, 3.8) is 0 Å². The van der Waals surface area contributed by atoms with E-state index in [2.05, 4.69) is 23.8 Å². The van der Waals surface area contributed by atoms with E-state index in [0.29, 0.717) is 5.92 Å². The van der Waals surface area contributed by atoms with Crippen molar-refractivity contribution in [3.05, 3.63) is 30.2 Å². The van der Waals surface area contributed by atoms with E-state index in [1.807, 2.05) is 18.2 Å². The maximum absolute atomic E-state index is 5.27. The molecule has 1 heterocycles. The summed E-state index contributed by atoms with van der Waals surface area (Å²) < 4.78 is 5.27. The molecular weight excluding hydrogens is 188 g/mol. The highest BCUT2D eigenvalue weighted by Gasteiger charge is 2.09. The van der Waals surface area contributed by atoms with Gasteiger partial charge in [0.15, 0.2) is 0 Å². The topological polar surface area (TPSA) is 35.0 Å². The molecule has 15 heavy (non-hydrogen) atoms. The number of ether oxygens (including phenoxy) is 1. The third-order valence-electron chi connectivity index (χ3n) is 2.43. The van der Waals surface area contributed by atoms with Crippen LogP contribution in [-0.4, -0.2) is 17.1 Å². The number of aromatic nitrogens is 2. The number of para-hydroxylation sites is 1. The zero-order chi connectivity index (χ0) is 10.8. The van der Waals surface area contributed by atoms with Crippen molar-refractivity contribution in [1.82, 2.24) is 9.97 Å². The van der Waals surface area contributed by atoms with Gasteiger partial charge < -0.3 is 4.74 Å². The molecule has 3 nitrogen and oxygen atoms in total. The maximum Gasteiger partial charge on any atom is 0.145 e. The number of hydrogen-bond acceptors (Lipinski definition) is 3. The van der Waals surface area contributed by atoms with Crippen LogP contribution in [0, 0.1) is 0 Å². The summed E-state index contributed by atoms with van der Waals surface area (Å²) in [5.74, 6) is 1.19. The Morgan fingerprint density at radius 3 is 2.67 bits per heavy atom. The predicted octanol–water partition coefficient (Wildman–Crippen LogP) is 2.76. The minimum absolute atomic E-state index is 0.391. The Balaban J connectivity index is 2.76. The Morgan fingerprint density at radius 2 is 2.00 bits per heavy atom. The van der Waals surface area contributed by atoms with Crippen molar-refractivity contribution in [2.45, 2.75) is 19.8 Å². The second-order valence-corrected chi connectivity index (χ2v) is 3.77. The van der Waals surface area contributed by atoms with Crippen molar-refractivity contribution in [2.24, 2.45) is 0 Å². The lowest BCUT2D eigenvalue weighted by atomic mass is 10.0. The van der Waals surface area contributed by atoms with E-state index in [-0.39, 0.29) is 0 Å². The van der Waals surface area contributed by atoms with Gasteiger partial charge in [0.1, 0.15) is 17.6 Å². The predicted molar refractivity (Wildman–Crippen MR) is 60.2 cm³/mol. The zero-order valence-corrected chi connectivity index (χ0v) is 9.19. The van der Waals surface area contributed by atoms with Crippen molar-refractivity contribution < 1.29 is 4.74 Å². The standard InChI is InChI=1S/C12H14N2O/c1-8(2)11-9-5-4-6-10(15-3)12(9)14-7-13-11/h4-8H,1-3H3. The largest absolute Gasteiger partial charge is 0.494 e. The summed E-state index contributed by atoms with van der Waals surface area (Å²) in [5.41, 5.74) is 1.96. The molecule has 0 aliphatic rings. The van der Waals surface area contributed by atoms with Crippen LogP contribution in [0.3, 0.4) is 0 Å². The fourth-order valence-electron chi connectivity index (χ4n) is 1.71. The molecule has 0 radical (unpaired) electrons. The molecule has 3 heteroatoms. The average molecular weight is 202 g/mol. The third kappa shape index (κ3) is 1.65. The number of hydrogen-bond donors (Lipinski definition) is 0. The van der Waals surface area contributed by atoms with Crippen LogP contribution < -0.4 is 4.74 Å². The van der Waals surface area contributed by atoms with Gasteiger partial charge in [-0.05, 0) is 12.0 Å². The number of benzene rings is 1. The van der Waals surface area contributed by atoms with Gasteiger partial charge in [-0.3, -0.25) is 0 Å². The fraction of sp³-hybridized carbons (Fsp3) is 0.333. The Labute approximate surface area is 89.1 Å². The van der Waals surface area contributed by atoms with Gasteiger partial charge in [-0.1, -0.05) is 26.0 Å². The highest BCUT2D eigenvalue weighted by molar-refractivity contribution is 5.86. The lowest BCUT2D eigenvalue weighted by molar-refractivity contribution is 0.419. The Bertz CT molecular complexity index is 480. The van der Waals surface area contributed by atoms with Gasteiger partial charge in [-0.15, -0.1) is 0 Å². The first-order valence-corrected chi connectivity index (χ1v) is 5.01. The minimum atomic E-state index is 0.391. The van der Waals surface area contributed by atoms with Crippen LogP contribution in [0.15, 0.2) is 24.5 Å². The molecule has 0 atom stereocenters. The van der Waals surface area contributed by atoms with Gasteiger partial charge >= 0.3 is 0 Å². The van der Waals surface area contributed by atoms with Crippen LogP contribution in [-0.2, 0) is 0 Å². The van der Waals surface area contributed by atoms with E-state index in [0.717, 1.165) is 22.3 Å². The second-order valence-electron chi connectivity index (χ2n) is 3.77. The Kier molecular flexibility index (Phi) is 2.54. The first-order chi connectivity index (χ1) is 7.24. The van der Waals surface area contributed by atoms with Crippen molar-refractivity contribution in [1.29, 1.82) is 0 Å². The lowest BCUT2D eigenvalue weighted by Crippen LogP contribution is -1.97. The molecule has 0 aliphatic carbocycles. The van der Waals surface area contributed by atoms with Gasteiger partial charge in [0.05, 0.1) is 12.8 Å². The fourth-order valence-corrected chi connectivity index (χ4v) is 1.71. The summed E-state index contributed by atoms with van der Waals surface area (Å²) in [5, 5.41) is 1.08. The number of methoxy groups -OCH3 is 1. The van der Waals surface area contributed by atoms with Crippen LogP contribution in [0.2, 0.25) is 0 Å². The van der Waals surface area contributed by atoms with Crippen molar-refractivity contribution >= 4 is 10.9 Å². The molecule has 0 saturated carbocycles. The first-order valence-electron chi connectivity index (χ1n) is 5.01. The molecule has 0 N–H and O–H groups in total. The van der Waals surface area contributed by atoms with Crippen LogP contribution in [0.5, 0.6) is 5.75 Å². The van der Waals surface area contributed by atoms with E-state index >= 15 is 0 Å². The number of nitrogens with zero attached hydrogens (tertiary/aromatic N) is 2. The van der Waals surface area contributed by atoms with E-state index in [1.165, 1.54) is 0 Å². The van der Waals surface area contributed by atoms with E-state index in [1.54, 1.807) is 13.4 Å². The molecule has 2 rings (SSSR count). The average Bonchev–Trinajstić information content (AvgIpc) is 2.27. The second kappa shape index (κ2) is 3.85. The monoisotopic (exact) mass is 202 g/mol. The molecular formula is C12H14N2O. The van der Waals surface area contributed by atoms with Gasteiger partial charge in [-0.25, -0.2) is 9.97 Å². The number of rotatable bonds is 2. The highest BCUT2D eigenvalue weighted by Crippen LogP contribution is 2.27. The molecule has 0 unspecified atom stereocenters. The molecule has 0 bridgehead atoms. The van der Waals surface area contributed by atoms with Gasteiger partial charge in [0.25, 0.3) is 0 Å². The van der Waals surface area contributed by atoms with Gasteiger partial charge in [-0.2, -0.15) is 0 Å². The summed E-state index contributed by atoms with van der Waals surface area (Å²) in [6.45, 7) is 4.25. The van der Waals surface area contributed by atoms with Crippen molar-refractivity contribution in [3.8, 4) is 5.75 Å². The first kappa shape index (κ1) is 9.90. The summed E-state index contributed by atoms with van der Waals surface area (Å²) in [6.07, 6.45) is 1.60. The quantitative estimate of drug-likeness (QED) is 0.751. The smallest absolute Gasteiger partial charge is 0.145 e. The summed E-state index contributed by atoms with van der Waals surface area (Å²) in [7, 11) is 1.66. The highest BCUT2D eigenvalue weighted by atomic mass is 16.5. The van der Waals surface area contributed by atoms with Crippen molar-refractivity contribution in [2.75, 3.05) is 7.11 Å². The minimum Gasteiger partial charge on any atom is -0.494 e. The van der Waals surface area contributed by atoms with Gasteiger partial charge in [0.2, 0.25) is 0 Å². The van der Waals surface area contributed by atoms with Crippen LogP contribution in [0.25, 0.3) is 10.9 Å². The Morgan fingerprint density at radius 1 is 1.20 bits per heavy atom. The van der Waals surface area contributed by atoms with E-state index < -0.39 is 0 Å². The molecule has 0 saturated heterocycles. The Hall–Kier alpha value is -1.64. The maximum atomic E-state index is 5.27. The number of fused-ring (bicyclic) bond motifs is 1. The van der Waals surface area contributed by atoms with Crippen LogP contribution >= 0.6 is 0 Å². The molecule has 0 fully saturated rings.